The lowest BCUT2D eigenvalue weighted by molar-refractivity contribution is 0.103. The minimum absolute atomic E-state index is 0.356. The van der Waals surface area contributed by atoms with Gasteiger partial charge in [-0.15, -0.1) is 11.3 Å². The van der Waals surface area contributed by atoms with Crippen LogP contribution in [0.1, 0.15) is 9.67 Å². The minimum Gasteiger partial charge on any atom is -0.397 e. The van der Waals surface area contributed by atoms with Crippen LogP contribution in [0, 0.1) is 5.82 Å². The number of aromatic nitrogens is 1. The third-order valence-corrected chi connectivity index (χ3v) is 4.76. The van der Waals surface area contributed by atoms with Crippen LogP contribution in [-0.2, 0) is 0 Å². The van der Waals surface area contributed by atoms with Crippen LogP contribution >= 0.6 is 27.3 Å². The number of hydrogen-bond donors (Lipinski definition) is 2. The van der Waals surface area contributed by atoms with Crippen LogP contribution in [-0.4, -0.2) is 10.9 Å². The fraction of sp³-hybridized carbons (Fsp3) is 0. The average molecular weight is 366 g/mol. The molecule has 0 saturated heterocycles. The quantitative estimate of drug-likeness (QED) is 0.720. The maximum atomic E-state index is 13.2. The Balaban J connectivity index is 1.97. The van der Waals surface area contributed by atoms with Crippen LogP contribution in [0.5, 0.6) is 0 Å². The van der Waals surface area contributed by atoms with E-state index in [4.69, 9.17) is 5.73 Å². The summed E-state index contributed by atoms with van der Waals surface area (Å²) in [4.78, 5) is 16.7. The van der Waals surface area contributed by atoms with Gasteiger partial charge in [0.2, 0.25) is 0 Å². The van der Waals surface area contributed by atoms with E-state index in [0.717, 1.165) is 10.1 Å². The summed E-state index contributed by atoms with van der Waals surface area (Å²) in [5.74, 6) is -0.804. The van der Waals surface area contributed by atoms with Crippen LogP contribution in [0.4, 0.5) is 15.8 Å². The second kappa shape index (κ2) is 5.42. The zero-order chi connectivity index (χ0) is 15.0. The van der Waals surface area contributed by atoms with Crippen molar-refractivity contribution in [3.05, 3.63) is 51.8 Å². The average Bonchev–Trinajstić information content (AvgIpc) is 2.81. The highest BCUT2D eigenvalue weighted by molar-refractivity contribution is 9.10. The van der Waals surface area contributed by atoms with Crippen molar-refractivity contribution in [1.82, 2.24) is 4.98 Å². The van der Waals surface area contributed by atoms with E-state index in [-0.39, 0.29) is 5.91 Å². The van der Waals surface area contributed by atoms with E-state index in [2.05, 4.69) is 26.2 Å². The molecule has 2 aromatic heterocycles. The standard InChI is InChI=1S/C14H9BrFN3OS/c15-9-2-1-7(16)5-10(9)19-14(20)13-12(17)8-3-4-18-6-11(8)21-13/h1-6H,17H2,(H,19,20). The molecule has 0 spiro atoms. The van der Waals surface area contributed by atoms with Gasteiger partial charge < -0.3 is 11.1 Å². The number of pyridine rings is 1. The van der Waals surface area contributed by atoms with E-state index in [1.165, 1.54) is 29.5 Å². The second-order valence-corrected chi connectivity index (χ2v) is 6.20. The Hall–Kier alpha value is -1.99. The molecule has 0 saturated carbocycles. The third-order valence-electron chi connectivity index (χ3n) is 2.91. The summed E-state index contributed by atoms with van der Waals surface area (Å²) in [6.45, 7) is 0. The Bertz CT molecular complexity index is 849. The molecular formula is C14H9BrFN3OS. The smallest absolute Gasteiger partial charge is 0.267 e. The molecule has 0 aliphatic rings. The van der Waals surface area contributed by atoms with Gasteiger partial charge in [-0.3, -0.25) is 9.78 Å². The molecule has 0 unspecified atom stereocenters. The maximum absolute atomic E-state index is 13.2. The number of nitrogens with one attached hydrogen (secondary N) is 1. The number of nitrogens with zero attached hydrogens (tertiary/aromatic N) is 1. The van der Waals surface area contributed by atoms with Gasteiger partial charge >= 0.3 is 0 Å². The summed E-state index contributed by atoms with van der Waals surface area (Å²) >= 11 is 4.52. The van der Waals surface area contributed by atoms with Crippen LogP contribution in [0.25, 0.3) is 10.1 Å². The minimum atomic E-state index is -0.429. The first-order chi connectivity index (χ1) is 10.1. The predicted octanol–water partition coefficient (Wildman–Crippen LogP) is 4.03. The summed E-state index contributed by atoms with van der Waals surface area (Å²) in [6.07, 6.45) is 3.28. The summed E-state index contributed by atoms with van der Waals surface area (Å²) in [5, 5.41) is 3.44. The summed E-state index contributed by atoms with van der Waals surface area (Å²) in [7, 11) is 0. The number of carbonyl (C=O) groups is 1. The summed E-state index contributed by atoms with van der Waals surface area (Å²) < 4.78 is 14.7. The van der Waals surface area contributed by atoms with Crippen molar-refractivity contribution in [2.24, 2.45) is 0 Å². The Morgan fingerprint density at radius 3 is 2.95 bits per heavy atom. The number of benzene rings is 1. The predicted molar refractivity (Wildman–Crippen MR) is 86.1 cm³/mol. The van der Waals surface area contributed by atoms with E-state index >= 15 is 0 Å². The molecule has 0 radical (unpaired) electrons. The number of nitrogens with two attached hydrogens (primary N) is 1. The second-order valence-electron chi connectivity index (χ2n) is 4.29. The lowest BCUT2D eigenvalue weighted by atomic mass is 10.2. The maximum Gasteiger partial charge on any atom is 0.267 e. The molecule has 3 aromatic rings. The van der Waals surface area contributed by atoms with Gasteiger partial charge in [-0.25, -0.2) is 4.39 Å². The van der Waals surface area contributed by atoms with Crippen LogP contribution in [0.2, 0.25) is 0 Å². The highest BCUT2D eigenvalue weighted by atomic mass is 79.9. The highest BCUT2D eigenvalue weighted by Gasteiger charge is 2.17. The van der Waals surface area contributed by atoms with Crippen LogP contribution in [0.3, 0.4) is 0 Å². The summed E-state index contributed by atoms with van der Waals surface area (Å²) in [6, 6.07) is 5.84. The fourth-order valence-corrected chi connectivity index (χ4v) is 3.24. The number of nitrogen functional groups attached to an aromatic ring is 1. The molecular weight excluding hydrogens is 357 g/mol. The first-order valence-electron chi connectivity index (χ1n) is 5.94. The van der Waals surface area contributed by atoms with Gasteiger partial charge in [0.25, 0.3) is 5.91 Å². The molecule has 1 amide bonds. The molecule has 0 bridgehead atoms. The van der Waals surface area contributed by atoms with Gasteiger partial charge in [-0.2, -0.15) is 0 Å². The molecule has 106 valence electrons. The van der Waals surface area contributed by atoms with Crippen molar-refractivity contribution < 1.29 is 9.18 Å². The van der Waals surface area contributed by atoms with E-state index < -0.39 is 5.82 Å². The zero-order valence-corrected chi connectivity index (χ0v) is 13.0. The van der Waals surface area contributed by atoms with Crippen molar-refractivity contribution in [1.29, 1.82) is 0 Å². The SMILES string of the molecule is Nc1c(C(=O)Nc2cc(F)ccc2Br)sc2cnccc12. The zero-order valence-electron chi connectivity index (χ0n) is 10.6. The van der Waals surface area contributed by atoms with Crippen molar-refractivity contribution >= 4 is 54.6 Å². The molecule has 3 rings (SSSR count). The number of fused-ring (bicyclic) bond motifs is 1. The number of rotatable bonds is 2. The number of amides is 1. The number of thiophene rings is 1. The molecule has 3 N–H and O–H groups in total. The van der Waals surface area contributed by atoms with Gasteiger partial charge in [0, 0.05) is 22.3 Å². The number of halogens is 2. The van der Waals surface area contributed by atoms with Gasteiger partial charge in [0.05, 0.1) is 16.1 Å². The number of hydrogen-bond acceptors (Lipinski definition) is 4. The third kappa shape index (κ3) is 2.62. The topological polar surface area (TPSA) is 68.0 Å². The van der Waals surface area contributed by atoms with E-state index in [9.17, 15) is 9.18 Å². The summed E-state index contributed by atoms with van der Waals surface area (Å²) in [5.41, 5.74) is 6.76. The van der Waals surface area contributed by atoms with Gasteiger partial charge in [0.1, 0.15) is 10.7 Å². The van der Waals surface area contributed by atoms with Crippen molar-refractivity contribution in [2.75, 3.05) is 11.1 Å². The molecule has 0 fully saturated rings. The Morgan fingerprint density at radius 1 is 1.38 bits per heavy atom. The first-order valence-corrected chi connectivity index (χ1v) is 7.55. The Kier molecular flexibility index (Phi) is 3.60. The number of anilines is 2. The van der Waals surface area contributed by atoms with Crippen molar-refractivity contribution in [2.45, 2.75) is 0 Å². The monoisotopic (exact) mass is 365 g/mol. The largest absolute Gasteiger partial charge is 0.397 e. The van der Waals surface area contributed by atoms with E-state index in [1.807, 2.05) is 0 Å². The lowest BCUT2D eigenvalue weighted by Gasteiger charge is -2.06. The normalized spacial score (nSPS) is 10.8. The van der Waals surface area contributed by atoms with Crippen molar-refractivity contribution in [3.8, 4) is 0 Å². The highest BCUT2D eigenvalue weighted by Crippen LogP contribution is 2.34. The molecule has 4 nitrogen and oxygen atoms in total. The Labute approximate surface area is 131 Å². The molecule has 2 heterocycles. The lowest BCUT2D eigenvalue weighted by Crippen LogP contribution is -2.12. The van der Waals surface area contributed by atoms with Gasteiger partial charge in [0.15, 0.2) is 0 Å². The molecule has 21 heavy (non-hydrogen) atoms. The fourth-order valence-electron chi connectivity index (χ4n) is 1.91. The molecule has 0 aliphatic carbocycles. The molecule has 1 aromatic carbocycles. The van der Waals surface area contributed by atoms with E-state index in [1.54, 1.807) is 18.5 Å². The molecule has 7 heteroatoms. The van der Waals surface area contributed by atoms with Crippen molar-refractivity contribution in [3.63, 3.8) is 0 Å². The van der Waals surface area contributed by atoms with Gasteiger partial charge in [-0.1, -0.05) is 0 Å². The number of carbonyl (C=O) groups excluding carboxylic acids is 1. The Morgan fingerprint density at radius 2 is 2.19 bits per heavy atom. The van der Waals surface area contributed by atoms with Crippen LogP contribution < -0.4 is 11.1 Å². The molecule has 0 aliphatic heterocycles. The van der Waals surface area contributed by atoms with Gasteiger partial charge in [-0.05, 0) is 40.2 Å². The molecule has 0 atom stereocenters. The van der Waals surface area contributed by atoms with E-state index in [0.29, 0.717) is 20.7 Å². The van der Waals surface area contributed by atoms with Crippen LogP contribution in [0.15, 0.2) is 41.1 Å². The first kappa shape index (κ1) is 14.0.